The molecule has 0 radical (unpaired) electrons. The van der Waals surface area contributed by atoms with Crippen LogP contribution in [0.3, 0.4) is 0 Å². The fourth-order valence-electron chi connectivity index (χ4n) is 3.09. The van der Waals surface area contributed by atoms with E-state index in [4.69, 9.17) is 4.74 Å². The number of nitrogens with zero attached hydrogens (tertiary/aromatic N) is 3. The van der Waals surface area contributed by atoms with Crippen LogP contribution in [-0.4, -0.2) is 41.8 Å². The number of piperidine rings is 1. The minimum absolute atomic E-state index is 0.138. The van der Waals surface area contributed by atoms with Crippen LogP contribution in [0.25, 0.3) is 0 Å². The molecule has 3 rings (SSSR count). The summed E-state index contributed by atoms with van der Waals surface area (Å²) in [5.74, 6) is -0.511. The van der Waals surface area contributed by atoms with Crippen LogP contribution < -0.4 is 5.43 Å². The van der Waals surface area contributed by atoms with Crippen molar-refractivity contribution in [2.75, 3.05) is 25.1 Å². The zero-order valence-corrected chi connectivity index (χ0v) is 16.8. The van der Waals surface area contributed by atoms with E-state index >= 15 is 0 Å². The van der Waals surface area contributed by atoms with Crippen molar-refractivity contribution in [1.82, 2.24) is 9.88 Å². The molecular formula is C20H25FN4O2S. The Labute approximate surface area is 168 Å². The molecule has 0 amide bonds. The van der Waals surface area contributed by atoms with Crippen molar-refractivity contribution in [2.45, 2.75) is 39.2 Å². The number of ether oxygens (including phenoxy) is 1. The third-order valence-electron chi connectivity index (χ3n) is 4.48. The molecule has 6 nitrogen and oxygen atoms in total. The van der Waals surface area contributed by atoms with Gasteiger partial charge in [0.1, 0.15) is 5.82 Å². The molecule has 0 aliphatic carbocycles. The van der Waals surface area contributed by atoms with Crippen LogP contribution in [0.5, 0.6) is 0 Å². The van der Waals surface area contributed by atoms with Gasteiger partial charge in [-0.1, -0.05) is 18.6 Å². The molecule has 1 saturated heterocycles. The van der Waals surface area contributed by atoms with Crippen molar-refractivity contribution in [1.29, 1.82) is 0 Å². The first-order valence-corrected chi connectivity index (χ1v) is 10.4. The highest BCUT2D eigenvalue weighted by Crippen LogP contribution is 2.17. The fraction of sp³-hybridized carbons (Fsp3) is 0.450. The lowest BCUT2D eigenvalue weighted by Crippen LogP contribution is -2.29. The molecule has 0 saturated carbocycles. The summed E-state index contributed by atoms with van der Waals surface area (Å²) >= 11 is 1.35. The van der Waals surface area contributed by atoms with Crippen molar-refractivity contribution in [2.24, 2.45) is 5.10 Å². The summed E-state index contributed by atoms with van der Waals surface area (Å²) < 4.78 is 19.3. The van der Waals surface area contributed by atoms with Gasteiger partial charge in [0.15, 0.2) is 0 Å². The number of benzene rings is 1. The second-order valence-electron chi connectivity index (χ2n) is 6.68. The van der Waals surface area contributed by atoms with Crippen LogP contribution >= 0.6 is 11.3 Å². The molecule has 0 atom stereocenters. The molecule has 1 aromatic heterocycles. The molecule has 1 aromatic carbocycles. The first kappa shape index (κ1) is 20.4. The van der Waals surface area contributed by atoms with E-state index in [2.05, 4.69) is 20.4 Å². The smallest absolute Gasteiger partial charge is 0.311 e. The third kappa shape index (κ3) is 6.10. The number of aromatic nitrogens is 1. The lowest BCUT2D eigenvalue weighted by atomic mass is 10.1. The first-order valence-electron chi connectivity index (χ1n) is 9.54. The Bertz CT molecular complexity index is 818. The summed E-state index contributed by atoms with van der Waals surface area (Å²) in [4.78, 5) is 18.0. The second-order valence-corrected chi connectivity index (χ2v) is 7.54. The number of thiazole rings is 1. The minimum Gasteiger partial charge on any atom is -0.466 e. The molecule has 8 heteroatoms. The number of rotatable bonds is 8. The van der Waals surface area contributed by atoms with Crippen molar-refractivity contribution < 1.29 is 13.9 Å². The van der Waals surface area contributed by atoms with Crippen molar-refractivity contribution in [3.8, 4) is 0 Å². The Morgan fingerprint density at radius 3 is 2.96 bits per heavy atom. The van der Waals surface area contributed by atoms with E-state index in [-0.39, 0.29) is 18.2 Å². The topological polar surface area (TPSA) is 66.8 Å². The van der Waals surface area contributed by atoms with Crippen LogP contribution in [0.15, 0.2) is 28.7 Å². The van der Waals surface area contributed by atoms with Gasteiger partial charge in [-0.25, -0.2) is 9.37 Å². The van der Waals surface area contributed by atoms with Gasteiger partial charge in [0.2, 0.25) is 5.13 Å². The number of carbonyl (C=O) groups is 1. The Balaban J connectivity index is 1.52. The monoisotopic (exact) mass is 404 g/mol. The highest BCUT2D eigenvalue weighted by molar-refractivity contribution is 7.13. The maximum atomic E-state index is 14.4. The fourth-order valence-corrected chi connectivity index (χ4v) is 3.75. The number of hydrogen-bond donors (Lipinski definition) is 1. The molecule has 1 aliphatic heterocycles. The molecule has 2 aromatic rings. The third-order valence-corrected chi connectivity index (χ3v) is 5.27. The summed E-state index contributed by atoms with van der Waals surface area (Å²) in [7, 11) is 0. The molecular weight excluding hydrogens is 379 g/mol. The zero-order chi connectivity index (χ0) is 19.8. The van der Waals surface area contributed by atoms with Gasteiger partial charge in [0.25, 0.3) is 0 Å². The van der Waals surface area contributed by atoms with E-state index < -0.39 is 0 Å². The highest BCUT2D eigenvalue weighted by atomic mass is 32.1. The van der Waals surface area contributed by atoms with Crippen LogP contribution in [0.1, 0.15) is 43.0 Å². The van der Waals surface area contributed by atoms with Gasteiger partial charge >= 0.3 is 5.97 Å². The van der Waals surface area contributed by atoms with Gasteiger partial charge in [0, 0.05) is 17.5 Å². The number of hydrazone groups is 1. The standard InChI is InChI=1S/C20H25FN4O2S/c1-2-27-19(26)11-17-14-28-20(23-17)24-22-12-15-6-7-16(18(21)10-15)13-25-8-4-3-5-9-25/h6-7,10,12,14H,2-5,8-9,11,13H2,1H3,(H,23,24). The Morgan fingerprint density at radius 1 is 1.39 bits per heavy atom. The maximum Gasteiger partial charge on any atom is 0.311 e. The second kappa shape index (κ2) is 10.3. The van der Waals surface area contributed by atoms with E-state index in [1.807, 2.05) is 12.1 Å². The number of nitrogens with one attached hydrogen (secondary N) is 1. The molecule has 0 unspecified atom stereocenters. The molecule has 1 N–H and O–H groups in total. The van der Waals surface area contributed by atoms with Crippen LogP contribution in [0, 0.1) is 5.82 Å². The lowest BCUT2D eigenvalue weighted by molar-refractivity contribution is -0.142. The predicted octanol–water partition coefficient (Wildman–Crippen LogP) is 3.82. The van der Waals surface area contributed by atoms with Gasteiger partial charge in [-0.15, -0.1) is 11.3 Å². The van der Waals surface area contributed by atoms with E-state index in [0.717, 1.165) is 18.7 Å². The van der Waals surface area contributed by atoms with Crippen molar-refractivity contribution >= 4 is 28.7 Å². The largest absolute Gasteiger partial charge is 0.466 e. The highest BCUT2D eigenvalue weighted by Gasteiger charge is 2.13. The average molecular weight is 405 g/mol. The zero-order valence-electron chi connectivity index (χ0n) is 16.0. The number of anilines is 1. The minimum atomic E-state index is -0.303. The number of carbonyl (C=O) groups excluding carboxylic acids is 1. The van der Waals surface area contributed by atoms with Crippen molar-refractivity contribution in [3.63, 3.8) is 0 Å². The van der Waals surface area contributed by atoms with E-state index in [9.17, 15) is 9.18 Å². The van der Waals surface area contributed by atoms with Gasteiger partial charge in [0.05, 0.1) is 24.9 Å². The summed E-state index contributed by atoms with van der Waals surface area (Å²) in [6.07, 6.45) is 5.34. The molecule has 150 valence electrons. The van der Waals surface area contributed by atoms with Crippen LogP contribution in [-0.2, 0) is 22.5 Å². The summed E-state index contributed by atoms with van der Waals surface area (Å²) in [5, 5.41) is 6.46. The summed E-state index contributed by atoms with van der Waals surface area (Å²) in [6.45, 7) is 4.86. The van der Waals surface area contributed by atoms with Crippen molar-refractivity contribution in [3.05, 3.63) is 46.2 Å². The molecule has 28 heavy (non-hydrogen) atoms. The van der Waals surface area contributed by atoms with Crippen LogP contribution in [0.4, 0.5) is 9.52 Å². The summed E-state index contributed by atoms with van der Waals surface area (Å²) in [6, 6.07) is 5.19. The maximum absolute atomic E-state index is 14.4. The number of halogens is 1. The molecule has 1 aliphatic rings. The predicted molar refractivity (Wildman–Crippen MR) is 109 cm³/mol. The van der Waals surface area contributed by atoms with E-state index in [1.54, 1.807) is 18.5 Å². The van der Waals surface area contributed by atoms with Gasteiger partial charge in [-0.3, -0.25) is 15.1 Å². The van der Waals surface area contributed by atoms with Gasteiger partial charge in [-0.05, 0) is 44.5 Å². The quantitative estimate of drug-likeness (QED) is 0.412. The number of esters is 1. The van der Waals surface area contributed by atoms with E-state index in [1.165, 1.54) is 36.7 Å². The Morgan fingerprint density at radius 2 is 2.21 bits per heavy atom. The first-order chi connectivity index (χ1) is 13.6. The van der Waals surface area contributed by atoms with Gasteiger partial charge in [-0.2, -0.15) is 5.10 Å². The summed E-state index contributed by atoms with van der Waals surface area (Å²) in [5.41, 5.74) is 4.84. The average Bonchev–Trinajstić information content (AvgIpc) is 3.12. The van der Waals surface area contributed by atoms with E-state index in [0.29, 0.717) is 29.5 Å². The molecule has 1 fully saturated rings. The normalized spacial score (nSPS) is 15.1. The number of likely N-dealkylation sites (tertiary alicyclic amines) is 1. The Kier molecular flexibility index (Phi) is 7.50. The molecule has 2 heterocycles. The molecule has 0 bridgehead atoms. The Hall–Kier alpha value is -2.32. The number of hydrogen-bond acceptors (Lipinski definition) is 7. The van der Waals surface area contributed by atoms with Gasteiger partial charge < -0.3 is 4.74 Å². The molecule has 0 spiro atoms. The van der Waals surface area contributed by atoms with Crippen LogP contribution in [0.2, 0.25) is 0 Å². The SMILES string of the molecule is CCOC(=O)Cc1csc(NN=Cc2ccc(CN3CCCCC3)c(F)c2)n1. The lowest BCUT2D eigenvalue weighted by Gasteiger charge is -2.26.